The van der Waals surface area contributed by atoms with Crippen LogP contribution in [0, 0.1) is 5.92 Å². The molecule has 3 aromatic rings. The van der Waals surface area contributed by atoms with Gasteiger partial charge in [0.1, 0.15) is 21.5 Å². The van der Waals surface area contributed by atoms with Crippen molar-refractivity contribution in [2.45, 2.75) is 32.2 Å². The Morgan fingerprint density at radius 1 is 1.29 bits per heavy atom. The smallest absolute Gasteiger partial charge is 0.139 e. The molecule has 0 aromatic carbocycles. The van der Waals surface area contributed by atoms with Gasteiger partial charge in [-0.1, -0.05) is 6.92 Å². The lowest BCUT2D eigenvalue weighted by Crippen LogP contribution is -2.14. The summed E-state index contributed by atoms with van der Waals surface area (Å²) in [5.41, 5.74) is 0. The largest absolute Gasteiger partial charge is 0.360 e. The molecule has 0 bridgehead atoms. The monoisotopic (exact) mass is 316 g/mol. The minimum absolute atomic E-state index is 0.285. The Morgan fingerprint density at radius 2 is 2.19 bits per heavy atom. The van der Waals surface area contributed by atoms with Gasteiger partial charge in [0, 0.05) is 18.0 Å². The van der Waals surface area contributed by atoms with Crippen molar-refractivity contribution in [3.63, 3.8) is 0 Å². The fourth-order valence-corrected chi connectivity index (χ4v) is 4.08. The second-order valence-corrected chi connectivity index (χ2v) is 7.13. The van der Waals surface area contributed by atoms with E-state index in [9.17, 15) is 0 Å². The van der Waals surface area contributed by atoms with Gasteiger partial charge in [-0.15, -0.1) is 22.7 Å². The number of fused-ring (bicyclic) bond motifs is 1. The number of nitrogens with zero attached hydrogens (tertiary/aromatic N) is 3. The lowest BCUT2D eigenvalue weighted by molar-refractivity contribution is 0.670. The zero-order valence-corrected chi connectivity index (χ0v) is 13.4. The molecule has 4 nitrogen and oxygen atoms in total. The molecule has 0 amide bonds. The SMILES string of the molecule is CCc1nc(NC(c2nccs2)C2CC2)c2ccsc2n1. The van der Waals surface area contributed by atoms with Gasteiger partial charge in [0.05, 0.1) is 11.4 Å². The average molecular weight is 316 g/mol. The highest BCUT2D eigenvalue weighted by atomic mass is 32.1. The molecule has 1 atom stereocenters. The predicted octanol–water partition coefficient (Wildman–Crippen LogP) is 4.27. The number of hydrogen-bond donors (Lipinski definition) is 1. The maximum Gasteiger partial charge on any atom is 0.139 e. The van der Waals surface area contributed by atoms with Crippen LogP contribution in [0.5, 0.6) is 0 Å². The van der Waals surface area contributed by atoms with E-state index in [0.717, 1.165) is 33.3 Å². The Bertz CT molecular complexity index is 746. The molecule has 1 fully saturated rings. The van der Waals surface area contributed by atoms with Gasteiger partial charge in [-0.05, 0) is 30.2 Å². The molecule has 4 rings (SSSR count). The van der Waals surface area contributed by atoms with E-state index in [2.05, 4.69) is 33.7 Å². The minimum atomic E-state index is 0.285. The highest BCUT2D eigenvalue weighted by Crippen LogP contribution is 2.44. The quantitative estimate of drug-likeness (QED) is 0.763. The third-order valence-electron chi connectivity index (χ3n) is 3.79. The van der Waals surface area contributed by atoms with Crippen molar-refractivity contribution in [1.82, 2.24) is 15.0 Å². The Morgan fingerprint density at radius 3 is 2.90 bits per heavy atom. The van der Waals surface area contributed by atoms with E-state index in [-0.39, 0.29) is 6.04 Å². The first-order valence-electron chi connectivity index (χ1n) is 7.25. The van der Waals surface area contributed by atoms with Gasteiger partial charge in [-0.2, -0.15) is 0 Å². The summed E-state index contributed by atoms with van der Waals surface area (Å²) in [6.07, 6.45) is 5.29. The highest BCUT2D eigenvalue weighted by Gasteiger charge is 2.34. The van der Waals surface area contributed by atoms with E-state index >= 15 is 0 Å². The number of aromatic nitrogens is 3. The topological polar surface area (TPSA) is 50.7 Å². The van der Waals surface area contributed by atoms with Gasteiger partial charge < -0.3 is 5.32 Å². The first kappa shape index (κ1) is 13.2. The molecule has 1 saturated carbocycles. The van der Waals surface area contributed by atoms with Crippen LogP contribution < -0.4 is 5.32 Å². The number of thiazole rings is 1. The molecule has 1 aliphatic rings. The van der Waals surface area contributed by atoms with E-state index in [1.165, 1.54) is 12.8 Å². The highest BCUT2D eigenvalue weighted by molar-refractivity contribution is 7.16. The number of thiophene rings is 1. The predicted molar refractivity (Wildman–Crippen MR) is 88.0 cm³/mol. The van der Waals surface area contributed by atoms with E-state index < -0.39 is 0 Å². The molecule has 1 unspecified atom stereocenters. The Hall–Kier alpha value is -1.53. The fourth-order valence-electron chi connectivity index (χ4n) is 2.51. The summed E-state index contributed by atoms with van der Waals surface area (Å²) in [7, 11) is 0. The second-order valence-electron chi connectivity index (χ2n) is 5.31. The first-order valence-corrected chi connectivity index (χ1v) is 9.01. The number of aryl methyl sites for hydroxylation is 1. The summed E-state index contributed by atoms with van der Waals surface area (Å²) in [5, 5.41) is 10.1. The summed E-state index contributed by atoms with van der Waals surface area (Å²) >= 11 is 3.40. The molecule has 0 radical (unpaired) electrons. The molecule has 0 spiro atoms. The number of hydrogen-bond acceptors (Lipinski definition) is 6. The molecule has 6 heteroatoms. The van der Waals surface area contributed by atoms with Crippen LogP contribution in [0.3, 0.4) is 0 Å². The van der Waals surface area contributed by atoms with Gasteiger partial charge >= 0.3 is 0 Å². The second kappa shape index (κ2) is 5.35. The standard InChI is InChI=1S/C15H16N4S2/c1-2-11-17-13(10-5-7-20-14(10)18-11)19-12(9-3-4-9)15-16-6-8-21-15/h5-9,12H,2-4H2,1H3,(H,17,18,19). The average Bonchev–Trinajstić information content (AvgIpc) is 3.01. The van der Waals surface area contributed by atoms with Gasteiger partial charge in [0.15, 0.2) is 0 Å². The van der Waals surface area contributed by atoms with E-state index in [1.807, 2.05) is 11.6 Å². The van der Waals surface area contributed by atoms with Gasteiger partial charge in [0.2, 0.25) is 0 Å². The van der Waals surface area contributed by atoms with Crippen LogP contribution in [-0.2, 0) is 6.42 Å². The van der Waals surface area contributed by atoms with Crippen LogP contribution in [0.15, 0.2) is 23.0 Å². The maximum absolute atomic E-state index is 4.71. The zero-order chi connectivity index (χ0) is 14.2. The van der Waals surface area contributed by atoms with Crippen LogP contribution in [0.1, 0.15) is 36.6 Å². The van der Waals surface area contributed by atoms with E-state index in [1.54, 1.807) is 22.7 Å². The van der Waals surface area contributed by atoms with Crippen LogP contribution in [0.4, 0.5) is 5.82 Å². The molecule has 3 aromatic heterocycles. The Kier molecular flexibility index (Phi) is 3.35. The third kappa shape index (κ3) is 2.53. The molecule has 0 aliphatic heterocycles. The van der Waals surface area contributed by atoms with E-state index in [0.29, 0.717) is 5.92 Å². The number of anilines is 1. The Balaban J connectivity index is 1.73. The van der Waals surface area contributed by atoms with Crippen molar-refractivity contribution in [3.8, 4) is 0 Å². The molecule has 21 heavy (non-hydrogen) atoms. The van der Waals surface area contributed by atoms with Gasteiger partial charge in [-0.3, -0.25) is 0 Å². The van der Waals surface area contributed by atoms with Gasteiger partial charge in [-0.25, -0.2) is 15.0 Å². The Labute approximate surface area is 131 Å². The third-order valence-corrected chi connectivity index (χ3v) is 5.46. The lowest BCUT2D eigenvalue weighted by atomic mass is 10.2. The number of rotatable bonds is 5. The van der Waals surface area contributed by atoms with Crippen molar-refractivity contribution < 1.29 is 0 Å². The summed E-state index contributed by atoms with van der Waals surface area (Å²) in [4.78, 5) is 14.9. The van der Waals surface area contributed by atoms with Crippen molar-refractivity contribution in [2.24, 2.45) is 5.92 Å². The van der Waals surface area contributed by atoms with Crippen molar-refractivity contribution in [2.75, 3.05) is 5.32 Å². The fraction of sp³-hybridized carbons (Fsp3) is 0.400. The van der Waals surface area contributed by atoms with Gasteiger partial charge in [0.25, 0.3) is 0 Å². The molecule has 0 saturated heterocycles. The lowest BCUT2D eigenvalue weighted by Gasteiger charge is -2.17. The number of nitrogens with one attached hydrogen (secondary N) is 1. The first-order chi connectivity index (χ1) is 10.3. The van der Waals surface area contributed by atoms with Crippen LogP contribution >= 0.6 is 22.7 Å². The molecule has 108 valence electrons. The van der Waals surface area contributed by atoms with Crippen LogP contribution in [0.25, 0.3) is 10.2 Å². The van der Waals surface area contributed by atoms with Crippen molar-refractivity contribution >= 4 is 38.7 Å². The molecule has 1 aliphatic carbocycles. The molecular formula is C15H16N4S2. The van der Waals surface area contributed by atoms with E-state index in [4.69, 9.17) is 4.98 Å². The van der Waals surface area contributed by atoms with Crippen molar-refractivity contribution in [1.29, 1.82) is 0 Å². The summed E-state index contributed by atoms with van der Waals surface area (Å²) in [6.45, 7) is 2.09. The summed E-state index contributed by atoms with van der Waals surface area (Å²) in [6, 6.07) is 2.39. The molecule has 3 heterocycles. The zero-order valence-electron chi connectivity index (χ0n) is 11.7. The minimum Gasteiger partial charge on any atom is -0.360 e. The van der Waals surface area contributed by atoms with Crippen LogP contribution in [-0.4, -0.2) is 15.0 Å². The molecule has 1 N–H and O–H groups in total. The van der Waals surface area contributed by atoms with Crippen molar-refractivity contribution in [3.05, 3.63) is 33.9 Å². The summed E-state index contributed by atoms with van der Waals surface area (Å²) < 4.78 is 0. The molecular weight excluding hydrogens is 300 g/mol. The normalized spacial score (nSPS) is 16.2. The van der Waals surface area contributed by atoms with Crippen LogP contribution in [0.2, 0.25) is 0 Å². The maximum atomic E-state index is 4.71. The summed E-state index contributed by atoms with van der Waals surface area (Å²) in [5.74, 6) is 2.55.